The monoisotopic (exact) mass is 492 g/mol. The van der Waals surface area contributed by atoms with Crippen LogP contribution >= 0.6 is 11.3 Å². The molecule has 3 aromatic rings. The predicted molar refractivity (Wildman–Crippen MR) is 134 cm³/mol. The van der Waals surface area contributed by atoms with Gasteiger partial charge in [-0.15, -0.1) is 17.8 Å². The second kappa shape index (κ2) is 10.7. The number of rotatable bonds is 7. The van der Waals surface area contributed by atoms with Crippen molar-refractivity contribution in [3.05, 3.63) is 63.8 Å². The minimum Gasteiger partial charge on any atom is -0.508 e. The Balaban J connectivity index is 1.35. The summed E-state index contributed by atoms with van der Waals surface area (Å²) in [6, 6.07) is 8.76. The van der Waals surface area contributed by atoms with Crippen LogP contribution in [-0.4, -0.2) is 33.0 Å². The van der Waals surface area contributed by atoms with Gasteiger partial charge in [0.25, 0.3) is 0 Å². The molecule has 0 bridgehead atoms. The first-order chi connectivity index (χ1) is 16.8. The van der Waals surface area contributed by atoms with E-state index in [4.69, 9.17) is 11.2 Å². The molecule has 2 atom stereocenters. The van der Waals surface area contributed by atoms with Crippen molar-refractivity contribution in [1.29, 1.82) is 0 Å². The molecule has 2 unspecified atom stereocenters. The Bertz CT molecular complexity index is 1270. The van der Waals surface area contributed by atoms with Gasteiger partial charge < -0.3 is 20.5 Å². The minimum absolute atomic E-state index is 0.0615. The Labute approximate surface area is 208 Å². The normalized spacial score (nSPS) is 15.5. The number of benzene rings is 1. The van der Waals surface area contributed by atoms with Gasteiger partial charge >= 0.3 is 6.09 Å². The fourth-order valence-electron chi connectivity index (χ4n) is 4.23. The van der Waals surface area contributed by atoms with Gasteiger partial charge in [0, 0.05) is 31.0 Å². The van der Waals surface area contributed by atoms with E-state index < -0.39 is 6.09 Å². The third-order valence-electron chi connectivity index (χ3n) is 6.16. The third kappa shape index (κ3) is 5.84. The summed E-state index contributed by atoms with van der Waals surface area (Å²) in [5.74, 6) is 2.71. The number of terminal acetylenes is 1. The average molecular weight is 493 g/mol. The van der Waals surface area contributed by atoms with E-state index in [1.54, 1.807) is 29.1 Å². The molecule has 0 aliphatic heterocycles. The molecule has 1 aromatic carbocycles. The highest BCUT2D eigenvalue weighted by Crippen LogP contribution is 2.38. The lowest BCUT2D eigenvalue weighted by Gasteiger charge is -2.22. The molecule has 0 radical (unpaired) electrons. The van der Waals surface area contributed by atoms with E-state index in [1.807, 2.05) is 26.1 Å². The van der Waals surface area contributed by atoms with Crippen molar-refractivity contribution < 1.29 is 19.4 Å². The minimum atomic E-state index is -0.470. The number of aromatic hydroxyl groups is 1. The Morgan fingerprint density at radius 1 is 1.40 bits per heavy atom. The van der Waals surface area contributed by atoms with Crippen LogP contribution in [0.3, 0.4) is 0 Å². The molecule has 1 aliphatic carbocycles. The Morgan fingerprint density at radius 2 is 2.23 bits per heavy atom. The number of carbonyl (C=O) groups is 2. The number of hydrogen-bond donors (Lipinski definition) is 3. The van der Waals surface area contributed by atoms with Crippen LogP contribution in [0.2, 0.25) is 0 Å². The number of alkyl carbamates (subject to hydrolysis) is 1. The summed E-state index contributed by atoms with van der Waals surface area (Å²) < 4.78 is 7.32. The van der Waals surface area contributed by atoms with Crippen LogP contribution in [0.1, 0.15) is 52.9 Å². The maximum absolute atomic E-state index is 12.7. The first-order valence-electron chi connectivity index (χ1n) is 11.4. The van der Waals surface area contributed by atoms with Gasteiger partial charge in [-0.05, 0) is 48.1 Å². The highest BCUT2D eigenvalue weighted by Gasteiger charge is 2.28. The number of amides is 2. The van der Waals surface area contributed by atoms with Crippen LogP contribution in [0.5, 0.6) is 5.75 Å². The molecular formula is C26H28N4O4S. The van der Waals surface area contributed by atoms with E-state index in [1.165, 1.54) is 11.3 Å². The number of hydrogen-bond acceptors (Lipinski definition) is 6. The van der Waals surface area contributed by atoms with Crippen molar-refractivity contribution in [3.8, 4) is 18.1 Å². The summed E-state index contributed by atoms with van der Waals surface area (Å²) in [6.45, 7) is 2.28. The van der Waals surface area contributed by atoms with E-state index in [-0.39, 0.29) is 30.1 Å². The van der Waals surface area contributed by atoms with Gasteiger partial charge in [-0.2, -0.15) is 5.10 Å². The highest BCUT2D eigenvalue weighted by molar-refractivity contribution is 7.16. The van der Waals surface area contributed by atoms with Gasteiger partial charge in [0.05, 0.1) is 17.8 Å². The number of phenols is 1. The van der Waals surface area contributed by atoms with Gasteiger partial charge in [-0.25, -0.2) is 4.79 Å². The molecule has 4 rings (SSSR count). The zero-order valence-electron chi connectivity index (χ0n) is 19.7. The summed E-state index contributed by atoms with van der Waals surface area (Å²) >= 11 is 1.45. The molecule has 0 spiro atoms. The molecule has 0 saturated carbocycles. The van der Waals surface area contributed by atoms with Gasteiger partial charge in [0.1, 0.15) is 16.9 Å². The van der Waals surface area contributed by atoms with Crippen molar-refractivity contribution in [3.63, 3.8) is 0 Å². The smallest absolute Gasteiger partial charge is 0.407 e. The van der Waals surface area contributed by atoms with Crippen LogP contribution in [0.25, 0.3) is 0 Å². The van der Waals surface area contributed by atoms with Crippen molar-refractivity contribution in [2.75, 3.05) is 5.32 Å². The largest absolute Gasteiger partial charge is 0.508 e. The Kier molecular flexibility index (Phi) is 7.42. The Hall–Kier alpha value is -3.77. The van der Waals surface area contributed by atoms with Crippen LogP contribution in [-0.2, 0) is 36.0 Å². The molecule has 182 valence electrons. The molecule has 1 aliphatic rings. The summed E-state index contributed by atoms with van der Waals surface area (Å²) in [5.41, 5.74) is 3.53. The predicted octanol–water partition coefficient (Wildman–Crippen LogP) is 4.08. The topological polar surface area (TPSA) is 105 Å². The second-order valence-corrected chi connectivity index (χ2v) is 9.78. The third-order valence-corrected chi connectivity index (χ3v) is 7.33. The molecule has 0 fully saturated rings. The maximum Gasteiger partial charge on any atom is 0.407 e. The van der Waals surface area contributed by atoms with E-state index in [9.17, 15) is 14.7 Å². The van der Waals surface area contributed by atoms with E-state index in [0.29, 0.717) is 36.4 Å². The van der Waals surface area contributed by atoms with Crippen LogP contribution in [0.15, 0.2) is 36.5 Å². The van der Waals surface area contributed by atoms with Crippen molar-refractivity contribution in [2.45, 2.75) is 51.2 Å². The lowest BCUT2D eigenvalue weighted by Crippen LogP contribution is -2.32. The van der Waals surface area contributed by atoms with E-state index in [2.05, 4.69) is 21.7 Å². The van der Waals surface area contributed by atoms with Crippen LogP contribution in [0.4, 0.5) is 9.80 Å². The van der Waals surface area contributed by atoms with Crippen molar-refractivity contribution in [2.24, 2.45) is 7.05 Å². The fraction of sp³-hybridized carbons (Fsp3) is 0.346. The summed E-state index contributed by atoms with van der Waals surface area (Å²) in [4.78, 5) is 26.1. The maximum atomic E-state index is 12.7. The van der Waals surface area contributed by atoms with Crippen molar-refractivity contribution >= 4 is 28.3 Å². The SMILES string of the molecule is C#Cc1c(NC(=O)CC(C)c2cccc(O)c2)sc2c1CCC(OC(=O)NCc1ccnn1C)C2. The molecule has 2 aromatic heterocycles. The standard InChI is InChI=1S/C26H28N4O4S/c1-4-21-22-9-8-20(34-26(33)27-15-18-10-11-28-30(18)3)14-23(22)35-25(21)29-24(32)12-16(2)17-6-5-7-19(31)13-17/h1,5-7,10-11,13,16,20,31H,8-9,12,14-15H2,2-3H3,(H,27,33)(H,29,32). The number of aromatic nitrogens is 2. The molecule has 0 saturated heterocycles. The fourth-order valence-corrected chi connectivity index (χ4v) is 5.52. The zero-order valence-corrected chi connectivity index (χ0v) is 20.5. The molecule has 35 heavy (non-hydrogen) atoms. The number of nitrogens with one attached hydrogen (secondary N) is 2. The lowest BCUT2D eigenvalue weighted by molar-refractivity contribution is -0.116. The van der Waals surface area contributed by atoms with Gasteiger partial charge in [-0.1, -0.05) is 25.0 Å². The number of aryl methyl sites for hydroxylation is 1. The van der Waals surface area contributed by atoms with Crippen LogP contribution in [0, 0.1) is 12.3 Å². The van der Waals surface area contributed by atoms with Gasteiger partial charge in [0.15, 0.2) is 0 Å². The summed E-state index contributed by atoms with van der Waals surface area (Å²) in [6.07, 6.45) is 8.91. The second-order valence-electron chi connectivity index (χ2n) is 8.67. The van der Waals surface area contributed by atoms with Gasteiger partial charge in [-0.3, -0.25) is 9.48 Å². The average Bonchev–Trinajstić information content (AvgIpc) is 3.39. The number of anilines is 1. The quantitative estimate of drug-likeness (QED) is 0.431. The number of nitrogens with zero attached hydrogens (tertiary/aromatic N) is 2. The van der Waals surface area contributed by atoms with E-state index >= 15 is 0 Å². The number of carbonyl (C=O) groups excluding carboxylic acids is 2. The number of ether oxygens (including phenoxy) is 1. The number of fused-ring (bicyclic) bond motifs is 1. The Morgan fingerprint density at radius 3 is 2.94 bits per heavy atom. The summed E-state index contributed by atoms with van der Waals surface area (Å²) in [5, 5.41) is 20.2. The molecule has 2 amide bonds. The van der Waals surface area contributed by atoms with Gasteiger partial charge in [0.2, 0.25) is 5.91 Å². The molecule has 8 nitrogen and oxygen atoms in total. The first-order valence-corrected chi connectivity index (χ1v) is 12.3. The van der Waals surface area contributed by atoms with E-state index in [0.717, 1.165) is 21.7 Å². The van der Waals surface area contributed by atoms with Crippen molar-refractivity contribution in [1.82, 2.24) is 15.1 Å². The summed E-state index contributed by atoms with van der Waals surface area (Å²) in [7, 11) is 1.81. The zero-order chi connectivity index (χ0) is 24.9. The molecular weight excluding hydrogens is 464 g/mol. The first kappa shape index (κ1) is 24.4. The number of thiophene rings is 1. The van der Waals surface area contributed by atoms with Crippen LogP contribution < -0.4 is 10.6 Å². The molecule has 9 heteroatoms. The highest BCUT2D eigenvalue weighted by atomic mass is 32.1. The molecule has 2 heterocycles. The lowest BCUT2D eigenvalue weighted by atomic mass is 9.93. The number of phenolic OH excluding ortho intramolecular Hbond substituents is 1. The molecule has 3 N–H and O–H groups in total.